The predicted molar refractivity (Wildman–Crippen MR) is 140 cm³/mol. The molecule has 0 aliphatic rings. The van der Waals surface area contributed by atoms with Gasteiger partial charge in [-0.05, 0) is 68.5 Å². The molecule has 5 N–H and O–H groups in total. The maximum atomic E-state index is 11.5. The van der Waals surface area contributed by atoms with Crippen LogP contribution in [0.1, 0.15) is 10.4 Å². The summed E-state index contributed by atoms with van der Waals surface area (Å²) in [5, 5.41) is 6.51. The van der Waals surface area contributed by atoms with Crippen molar-refractivity contribution in [3.8, 4) is 5.75 Å². The van der Waals surface area contributed by atoms with Crippen LogP contribution in [0.25, 0.3) is 11.0 Å². The van der Waals surface area contributed by atoms with Crippen molar-refractivity contribution < 1.29 is 9.53 Å². The molecule has 1 heterocycles. The van der Waals surface area contributed by atoms with Crippen LogP contribution >= 0.6 is 23.5 Å². The molecule has 34 heavy (non-hydrogen) atoms. The van der Waals surface area contributed by atoms with Crippen LogP contribution in [0.15, 0.2) is 71.6 Å². The molecule has 0 bridgehead atoms. The first kappa shape index (κ1) is 25.1. The highest BCUT2D eigenvalue weighted by molar-refractivity contribution is 8.00. The third kappa shape index (κ3) is 6.50. The van der Waals surface area contributed by atoms with E-state index in [2.05, 4.69) is 15.4 Å². The van der Waals surface area contributed by atoms with Crippen molar-refractivity contribution >= 4 is 57.8 Å². The zero-order chi connectivity index (χ0) is 24.5. The number of ether oxygens (including phenoxy) is 1. The van der Waals surface area contributed by atoms with Gasteiger partial charge in [0.2, 0.25) is 5.91 Å². The lowest BCUT2D eigenvalue weighted by Crippen LogP contribution is -2.10. The van der Waals surface area contributed by atoms with E-state index in [0.29, 0.717) is 33.7 Å². The van der Waals surface area contributed by atoms with E-state index in [1.54, 1.807) is 43.5 Å². The van der Waals surface area contributed by atoms with Gasteiger partial charge in [-0.15, -0.1) is 0 Å². The van der Waals surface area contributed by atoms with E-state index in [0.717, 1.165) is 15.9 Å². The van der Waals surface area contributed by atoms with Crippen molar-refractivity contribution in [2.24, 2.45) is 5.73 Å². The van der Waals surface area contributed by atoms with Gasteiger partial charge in [0.1, 0.15) is 5.75 Å². The molecule has 1 amide bonds. The summed E-state index contributed by atoms with van der Waals surface area (Å²) in [6.07, 6.45) is 0. The second kappa shape index (κ2) is 12.1. The number of benzene rings is 3. The van der Waals surface area contributed by atoms with Gasteiger partial charge in [-0.25, -0.2) is 9.97 Å². The second-order valence-electron chi connectivity index (χ2n) is 6.98. The fourth-order valence-electron chi connectivity index (χ4n) is 2.83. The van der Waals surface area contributed by atoms with Gasteiger partial charge in [0, 0.05) is 16.5 Å². The minimum atomic E-state index is -0.483. The molecule has 0 saturated carbocycles. The maximum absolute atomic E-state index is 11.5. The Morgan fingerprint density at radius 1 is 0.971 bits per heavy atom. The minimum absolute atomic E-state index is 0.429. The summed E-state index contributed by atoms with van der Waals surface area (Å²) < 4.78 is 8.50. The van der Waals surface area contributed by atoms with E-state index >= 15 is 0 Å². The summed E-state index contributed by atoms with van der Waals surface area (Å²) in [6, 6.07) is 19.9. The number of hydrogen-bond donors (Lipinski definition) is 4. The SMILES string of the molecule is CNC.COc1ccc(Cl)c(Nc2nc3ccccc3nc2NSc2cccc(C(N)=O)c2)c1. The molecule has 10 heteroatoms. The van der Waals surface area contributed by atoms with Crippen molar-refractivity contribution in [1.82, 2.24) is 15.3 Å². The van der Waals surface area contributed by atoms with Gasteiger partial charge in [0.05, 0.1) is 28.9 Å². The van der Waals surface area contributed by atoms with Gasteiger partial charge in [-0.3, -0.25) is 4.79 Å². The number of carbonyl (C=O) groups is 1. The highest BCUT2D eigenvalue weighted by Crippen LogP contribution is 2.33. The molecule has 0 atom stereocenters. The Morgan fingerprint density at radius 2 is 1.65 bits per heavy atom. The number of carbonyl (C=O) groups excluding carboxylic acids is 1. The largest absolute Gasteiger partial charge is 0.497 e. The summed E-state index contributed by atoms with van der Waals surface area (Å²) in [5.41, 5.74) is 7.91. The molecule has 0 aliphatic heterocycles. The Hall–Kier alpha value is -3.53. The third-order valence-corrected chi connectivity index (χ3v) is 5.50. The molecule has 3 aromatic carbocycles. The summed E-state index contributed by atoms with van der Waals surface area (Å²) in [7, 11) is 5.34. The molecule has 0 aliphatic carbocycles. The molecule has 0 spiro atoms. The van der Waals surface area contributed by atoms with Crippen LogP contribution < -0.4 is 25.8 Å². The lowest BCUT2D eigenvalue weighted by atomic mass is 10.2. The molecule has 0 saturated heterocycles. The van der Waals surface area contributed by atoms with Crippen molar-refractivity contribution in [2.45, 2.75) is 4.90 Å². The van der Waals surface area contributed by atoms with Gasteiger partial charge in [-0.1, -0.05) is 29.8 Å². The molecule has 0 fully saturated rings. The van der Waals surface area contributed by atoms with E-state index in [1.807, 2.05) is 44.4 Å². The van der Waals surface area contributed by atoms with E-state index in [9.17, 15) is 4.79 Å². The summed E-state index contributed by atoms with van der Waals surface area (Å²) >= 11 is 7.65. The van der Waals surface area contributed by atoms with Crippen LogP contribution in [-0.4, -0.2) is 37.1 Å². The second-order valence-corrected chi connectivity index (χ2v) is 8.26. The van der Waals surface area contributed by atoms with Crippen molar-refractivity contribution in [2.75, 3.05) is 31.2 Å². The van der Waals surface area contributed by atoms with E-state index in [1.165, 1.54) is 11.9 Å². The number of nitrogens with zero attached hydrogens (tertiary/aromatic N) is 2. The summed E-state index contributed by atoms with van der Waals surface area (Å²) in [5.74, 6) is 1.18. The number of halogens is 1. The fraction of sp³-hybridized carbons (Fsp3) is 0.125. The molecule has 0 radical (unpaired) electrons. The zero-order valence-corrected chi connectivity index (χ0v) is 20.5. The van der Waals surface area contributed by atoms with E-state index in [4.69, 9.17) is 32.0 Å². The molecular weight excluding hydrogens is 472 g/mol. The highest BCUT2D eigenvalue weighted by Gasteiger charge is 2.13. The lowest BCUT2D eigenvalue weighted by molar-refractivity contribution is 0.1000. The topological polar surface area (TPSA) is 114 Å². The molecule has 0 unspecified atom stereocenters. The number of nitrogens with one attached hydrogen (secondary N) is 3. The number of methoxy groups -OCH3 is 1. The monoisotopic (exact) mass is 496 g/mol. The Balaban J connectivity index is 0.00000103. The van der Waals surface area contributed by atoms with Crippen LogP contribution in [0.3, 0.4) is 0 Å². The third-order valence-electron chi connectivity index (χ3n) is 4.38. The smallest absolute Gasteiger partial charge is 0.248 e. The Kier molecular flexibility index (Phi) is 8.92. The van der Waals surface area contributed by atoms with Gasteiger partial charge >= 0.3 is 0 Å². The number of anilines is 3. The van der Waals surface area contributed by atoms with Crippen LogP contribution in [0, 0.1) is 0 Å². The van der Waals surface area contributed by atoms with Gasteiger partial charge in [0.25, 0.3) is 0 Å². The first-order chi connectivity index (χ1) is 16.4. The van der Waals surface area contributed by atoms with E-state index in [-0.39, 0.29) is 0 Å². The van der Waals surface area contributed by atoms with Gasteiger partial charge < -0.3 is 25.8 Å². The van der Waals surface area contributed by atoms with E-state index < -0.39 is 5.91 Å². The number of aromatic nitrogens is 2. The van der Waals surface area contributed by atoms with Crippen LogP contribution in [-0.2, 0) is 0 Å². The average Bonchev–Trinajstić information content (AvgIpc) is 2.84. The summed E-state index contributed by atoms with van der Waals surface area (Å²) in [4.78, 5) is 21.7. The normalized spacial score (nSPS) is 10.2. The number of rotatable bonds is 7. The maximum Gasteiger partial charge on any atom is 0.248 e. The van der Waals surface area contributed by atoms with Gasteiger partial charge in [0.15, 0.2) is 11.6 Å². The van der Waals surface area contributed by atoms with Gasteiger partial charge in [-0.2, -0.15) is 0 Å². The van der Waals surface area contributed by atoms with Crippen molar-refractivity contribution in [3.63, 3.8) is 0 Å². The Labute approximate surface area is 207 Å². The molecule has 176 valence electrons. The highest BCUT2D eigenvalue weighted by atomic mass is 35.5. The predicted octanol–water partition coefficient (Wildman–Crippen LogP) is 5.09. The first-order valence-electron chi connectivity index (χ1n) is 10.2. The number of primary amides is 1. The Bertz CT molecular complexity index is 1290. The van der Waals surface area contributed by atoms with Crippen LogP contribution in [0.5, 0.6) is 5.75 Å². The molecule has 8 nitrogen and oxygen atoms in total. The molecule has 1 aromatic heterocycles. The number of para-hydroxylation sites is 2. The molecular formula is C24H25ClN6O2S. The minimum Gasteiger partial charge on any atom is -0.497 e. The summed E-state index contributed by atoms with van der Waals surface area (Å²) in [6.45, 7) is 0. The Morgan fingerprint density at radius 3 is 2.29 bits per heavy atom. The average molecular weight is 497 g/mol. The quantitative estimate of drug-likeness (QED) is 0.262. The van der Waals surface area contributed by atoms with Crippen molar-refractivity contribution in [1.29, 1.82) is 0 Å². The number of fused-ring (bicyclic) bond motifs is 1. The number of amides is 1. The van der Waals surface area contributed by atoms with Crippen molar-refractivity contribution in [3.05, 3.63) is 77.3 Å². The number of nitrogens with two attached hydrogens (primary N) is 1. The van der Waals surface area contributed by atoms with Crippen LogP contribution in [0.4, 0.5) is 17.3 Å². The number of hydrogen-bond acceptors (Lipinski definition) is 8. The fourth-order valence-corrected chi connectivity index (χ4v) is 3.69. The lowest BCUT2D eigenvalue weighted by Gasteiger charge is -2.14. The molecule has 4 aromatic rings. The first-order valence-corrected chi connectivity index (χ1v) is 11.4. The van der Waals surface area contributed by atoms with Crippen LogP contribution in [0.2, 0.25) is 5.02 Å². The zero-order valence-electron chi connectivity index (χ0n) is 18.9. The molecule has 4 rings (SSSR count). The standard InChI is InChI=1S/C22H18ClN5O2S.C2H7N/c1-30-14-9-10-16(23)19(12-14)27-21-22(26-18-8-3-2-7-17(18)25-21)28-31-15-6-4-5-13(11-15)20(24)29;1-3-2/h2-12H,1H3,(H2,24,29)(H,25,27)(H,26,28);3H,1-2H3.